The first kappa shape index (κ1) is 12.5. The van der Waals surface area contributed by atoms with Gasteiger partial charge in [-0.2, -0.15) is 0 Å². The van der Waals surface area contributed by atoms with Gasteiger partial charge in [0.25, 0.3) is 0 Å². The Morgan fingerprint density at radius 1 is 1.05 bits per heavy atom. The third-order valence-corrected chi connectivity index (χ3v) is 4.20. The van der Waals surface area contributed by atoms with Crippen molar-refractivity contribution < 1.29 is 0 Å². The van der Waals surface area contributed by atoms with Crippen molar-refractivity contribution in [2.75, 3.05) is 0 Å². The molecule has 0 heterocycles. The number of fused-ring (bicyclic) bond motifs is 3. The molecule has 0 aromatic heterocycles. The Morgan fingerprint density at radius 3 is 2.74 bits per heavy atom. The molecule has 0 aliphatic heterocycles. The van der Waals surface area contributed by atoms with Crippen molar-refractivity contribution in [3.05, 3.63) is 59.5 Å². The number of benzene rings is 2. The van der Waals surface area contributed by atoms with Crippen molar-refractivity contribution in [2.24, 2.45) is 5.92 Å². The van der Waals surface area contributed by atoms with Crippen LogP contribution in [0.15, 0.2) is 42.0 Å². The van der Waals surface area contributed by atoms with Crippen molar-refractivity contribution in [2.45, 2.75) is 33.1 Å². The van der Waals surface area contributed by atoms with E-state index in [0.29, 0.717) is 5.92 Å². The third-order valence-electron chi connectivity index (χ3n) is 4.20. The summed E-state index contributed by atoms with van der Waals surface area (Å²) in [5.74, 6) is 0.672. The van der Waals surface area contributed by atoms with Gasteiger partial charge in [-0.15, -0.1) is 0 Å². The largest absolute Gasteiger partial charge is 0.0654 e. The van der Waals surface area contributed by atoms with Crippen LogP contribution >= 0.6 is 0 Å². The molecule has 0 fully saturated rings. The van der Waals surface area contributed by atoms with Gasteiger partial charge in [-0.05, 0) is 34.2 Å². The predicted octanol–water partition coefficient (Wildman–Crippen LogP) is 5.62. The van der Waals surface area contributed by atoms with E-state index in [4.69, 9.17) is 0 Å². The van der Waals surface area contributed by atoms with Crippen LogP contribution in [0.5, 0.6) is 0 Å². The van der Waals surface area contributed by atoms with Gasteiger partial charge in [0.05, 0.1) is 0 Å². The van der Waals surface area contributed by atoms with E-state index in [1.165, 1.54) is 46.7 Å². The number of hydrogen-bond donors (Lipinski definition) is 0. The molecule has 19 heavy (non-hydrogen) atoms. The second kappa shape index (κ2) is 5.21. The first-order valence-corrected chi connectivity index (χ1v) is 7.37. The van der Waals surface area contributed by atoms with Crippen LogP contribution in [0, 0.1) is 12.3 Å². The van der Waals surface area contributed by atoms with Crippen LogP contribution in [0.2, 0.25) is 0 Å². The molecular formula is C19H21. The lowest BCUT2D eigenvalue weighted by atomic mass is 9.94. The minimum atomic E-state index is 0.672. The van der Waals surface area contributed by atoms with Crippen LogP contribution in [0.1, 0.15) is 44.2 Å². The van der Waals surface area contributed by atoms with Gasteiger partial charge in [0, 0.05) is 6.42 Å². The topological polar surface area (TPSA) is 0 Å². The minimum Gasteiger partial charge on any atom is -0.0654 e. The summed E-state index contributed by atoms with van der Waals surface area (Å²) in [6.45, 7) is 4.62. The minimum absolute atomic E-state index is 0.672. The SMILES string of the molecule is CCCCC(C)C1=Cc2c(ccc3ccccc23)[CH]1. The van der Waals surface area contributed by atoms with Crippen LogP contribution in [-0.2, 0) is 0 Å². The maximum absolute atomic E-state index is 2.40. The number of hydrogen-bond acceptors (Lipinski definition) is 0. The molecule has 97 valence electrons. The second-order valence-corrected chi connectivity index (χ2v) is 5.62. The molecule has 0 saturated heterocycles. The van der Waals surface area contributed by atoms with E-state index in [2.05, 4.69) is 62.7 Å². The van der Waals surface area contributed by atoms with Gasteiger partial charge in [-0.25, -0.2) is 0 Å². The first-order valence-electron chi connectivity index (χ1n) is 7.37. The Hall–Kier alpha value is -1.56. The van der Waals surface area contributed by atoms with E-state index in [1.807, 2.05) is 0 Å². The fourth-order valence-electron chi connectivity index (χ4n) is 2.95. The highest BCUT2D eigenvalue weighted by molar-refractivity contribution is 5.95. The van der Waals surface area contributed by atoms with Gasteiger partial charge >= 0.3 is 0 Å². The average molecular weight is 249 g/mol. The molecule has 1 unspecified atom stereocenters. The Balaban J connectivity index is 1.95. The number of allylic oxidation sites excluding steroid dienone is 1. The molecule has 2 aromatic carbocycles. The van der Waals surface area contributed by atoms with Crippen LogP contribution in [0.4, 0.5) is 0 Å². The summed E-state index contributed by atoms with van der Waals surface area (Å²) in [5, 5.41) is 2.72. The Labute approximate surface area is 116 Å². The zero-order valence-electron chi connectivity index (χ0n) is 11.8. The zero-order valence-corrected chi connectivity index (χ0v) is 11.8. The highest BCUT2D eigenvalue weighted by Crippen LogP contribution is 2.36. The maximum atomic E-state index is 2.40. The van der Waals surface area contributed by atoms with E-state index >= 15 is 0 Å². The zero-order chi connectivity index (χ0) is 13.2. The molecule has 0 nitrogen and oxygen atoms in total. The maximum Gasteiger partial charge on any atom is 0.0167 e. The summed E-state index contributed by atoms with van der Waals surface area (Å²) in [4.78, 5) is 0. The van der Waals surface area contributed by atoms with Crippen molar-refractivity contribution in [3.8, 4) is 0 Å². The van der Waals surface area contributed by atoms with Crippen molar-refractivity contribution in [1.82, 2.24) is 0 Å². The number of unbranched alkanes of at least 4 members (excludes halogenated alkanes) is 1. The van der Waals surface area contributed by atoms with E-state index in [9.17, 15) is 0 Å². The highest BCUT2D eigenvalue weighted by atomic mass is 14.2. The van der Waals surface area contributed by atoms with Gasteiger partial charge in [0.2, 0.25) is 0 Å². The molecule has 2 aromatic rings. The highest BCUT2D eigenvalue weighted by Gasteiger charge is 2.19. The molecular weight excluding hydrogens is 228 g/mol. The molecule has 1 atom stereocenters. The van der Waals surface area contributed by atoms with Gasteiger partial charge in [0.15, 0.2) is 0 Å². The van der Waals surface area contributed by atoms with Crippen LogP contribution in [0.3, 0.4) is 0 Å². The quantitative estimate of drug-likeness (QED) is 0.660. The van der Waals surface area contributed by atoms with Crippen molar-refractivity contribution in [3.63, 3.8) is 0 Å². The molecule has 0 heteroatoms. The molecule has 0 amide bonds. The average Bonchev–Trinajstić information content (AvgIpc) is 2.89. The van der Waals surface area contributed by atoms with Crippen LogP contribution in [-0.4, -0.2) is 0 Å². The van der Waals surface area contributed by atoms with Gasteiger partial charge < -0.3 is 0 Å². The third kappa shape index (κ3) is 2.32. The summed E-state index contributed by atoms with van der Waals surface area (Å²) in [7, 11) is 0. The van der Waals surface area contributed by atoms with Gasteiger partial charge in [-0.1, -0.05) is 74.7 Å². The lowest BCUT2D eigenvalue weighted by Gasteiger charge is -2.11. The van der Waals surface area contributed by atoms with Crippen LogP contribution < -0.4 is 0 Å². The smallest absolute Gasteiger partial charge is 0.0167 e. The summed E-state index contributed by atoms with van der Waals surface area (Å²) >= 11 is 0. The molecule has 0 saturated carbocycles. The molecule has 3 rings (SSSR count). The molecule has 1 aliphatic carbocycles. The fourth-order valence-corrected chi connectivity index (χ4v) is 2.95. The Bertz CT molecular complexity index is 619. The van der Waals surface area contributed by atoms with E-state index in [0.717, 1.165) is 0 Å². The van der Waals surface area contributed by atoms with E-state index in [1.54, 1.807) is 0 Å². The predicted molar refractivity (Wildman–Crippen MR) is 84.0 cm³/mol. The lowest BCUT2D eigenvalue weighted by molar-refractivity contribution is 0.580. The monoisotopic (exact) mass is 249 g/mol. The summed E-state index contributed by atoms with van der Waals surface area (Å²) < 4.78 is 0. The van der Waals surface area contributed by atoms with E-state index in [-0.39, 0.29) is 0 Å². The Morgan fingerprint density at radius 2 is 1.89 bits per heavy atom. The molecule has 0 bridgehead atoms. The second-order valence-electron chi connectivity index (χ2n) is 5.62. The standard InChI is InChI=1S/C19H21/c1-3-4-7-14(2)17-12-16-11-10-15-8-5-6-9-18(15)19(16)13-17/h5-6,8-14H,3-4,7H2,1-2H3. The van der Waals surface area contributed by atoms with Gasteiger partial charge in [-0.3, -0.25) is 0 Å². The lowest BCUT2D eigenvalue weighted by Crippen LogP contribution is -1.97. The molecule has 0 N–H and O–H groups in total. The normalized spacial score (nSPS) is 15.4. The summed E-state index contributed by atoms with van der Waals surface area (Å²) in [6.07, 6.45) is 8.68. The van der Waals surface area contributed by atoms with Crippen LogP contribution in [0.25, 0.3) is 16.8 Å². The van der Waals surface area contributed by atoms with E-state index < -0.39 is 0 Å². The molecule has 0 spiro atoms. The van der Waals surface area contributed by atoms with Gasteiger partial charge in [0.1, 0.15) is 0 Å². The first-order chi connectivity index (χ1) is 9.29. The fraction of sp³-hybridized carbons (Fsp3) is 0.316. The Kier molecular flexibility index (Phi) is 3.42. The van der Waals surface area contributed by atoms with Crippen molar-refractivity contribution >= 4 is 16.8 Å². The summed E-state index contributed by atoms with van der Waals surface area (Å²) in [5.41, 5.74) is 4.30. The summed E-state index contributed by atoms with van der Waals surface area (Å²) in [6, 6.07) is 13.2. The molecule has 1 aliphatic rings. The number of rotatable bonds is 4. The van der Waals surface area contributed by atoms with Crippen molar-refractivity contribution in [1.29, 1.82) is 0 Å². The molecule has 1 radical (unpaired) electrons.